The van der Waals surface area contributed by atoms with Gasteiger partial charge in [-0.05, 0) is 51.7 Å². The van der Waals surface area contributed by atoms with Crippen LogP contribution in [0, 0.1) is 24.2 Å². The van der Waals surface area contributed by atoms with E-state index in [2.05, 4.69) is 0 Å². The number of hydrogen-bond acceptors (Lipinski definition) is 8. The van der Waals surface area contributed by atoms with Gasteiger partial charge in [0.05, 0.1) is 17.4 Å². The minimum atomic E-state index is -0.405. The number of aromatic nitrogens is 1. The van der Waals surface area contributed by atoms with Crippen molar-refractivity contribution in [2.24, 2.45) is 13.0 Å². The van der Waals surface area contributed by atoms with Gasteiger partial charge in [-0.1, -0.05) is 30.9 Å². The zero-order valence-corrected chi connectivity index (χ0v) is 21.8. The Morgan fingerprint density at radius 1 is 1.38 bits per heavy atom. The Balaban J connectivity index is 2.14. The molecular formula is C24H30N4O4S2. The predicted molar refractivity (Wildman–Crippen MR) is 137 cm³/mol. The molecule has 0 radical (unpaired) electrons. The molecule has 0 spiro atoms. The van der Waals surface area contributed by atoms with Gasteiger partial charge in [-0.2, -0.15) is 5.26 Å². The normalized spacial score (nSPS) is 20.6. The standard InChI is InChI=1S/C24H30N4O4S2/c1-6-14(3)28-22(30)19(34-24(28)33)11-17-15(4)18(12-25)21(29)26(5)20(17)27-10-8-9-16(13-27)23(31)32-7-2/h11,14,16H,6-10,13H2,1-5H3/b19-11-. The summed E-state index contributed by atoms with van der Waals surface area (Å²) in [5.74, 6) is -0.149. The Morgan fingerprint density at radius 3 is 2.71 bits per heavy atom. The highest BCUT2D eigenvalue weighted by Gasteiger charge is 2.36. The number of piperidine rings is 1. The molecule has 2 unspecified atom stereocenters. The van der Waals surface area contributed by atoms with Crippen molar-refractivity contribution in [3.05, 3.63) is 31.9 Å². The van der Waals surface area contributed by atoms with E-state index in [4.69, 9.17) is 17.0 Å². The molecule has 0 aliphatic carbocycles. The second-order valence-electron chi connectivity index (χ2n) is 8.56. The van der Waals surface area contributed by atoms with Crippen LogP contribution in [0.25, 0.3) is 6.08 Å². The number of hydrogen-bond donors (Lipinski definition) is 0. The minimum Gasteiger partial charge on any atom is -0.466 e. The number of rotatable bonds is 6. The van der Waals surface area contributed by atoms with Crippen LogP contribution in [0.1, 0.15) is 56.7 Å². The van der Waals surface area contributed by atoms with Crippen LogP contribution in [0.15, 0.2) is 9.70 Å². The van der Waals surface area contributed by atoms with E-state index in [9.17, 15) is 19.6 Å². The van der Waals surface area contributed by atoms with Crippen LogP contribution < -0.4 is 10.5 Å². The highest BCUT2D eigenvalue weighted by Crippen LogP contribution is 2.37. The van der Waals surface area contributed by atoms with E-state index in [0.29, 0.717) is 52.3 Å². The van der Waals surface area contributed by atoms with Crippen molar-refractivity contribution in [1.29, 1.82) is 5.26 Å². The number of esters is 1. The van der Waals surface area contributed by atoms with Gasteiger partial charge in [0.1, 0.15) is 21.8 Å². The van der Waals surface area contributed by atoms with Crippen LogP contribution in [0.3, 0.4) is 0 Å². The second kappa shape index (κ2) is 10.7. The molecule has 10 heteroatoms. The van der Waals surface area contributed by atoms with Crippen LogP contribution in [-0.2, 0) is 21.4 Å². The van der Waals surface area contributed by atoms with Gasteiger partial charge < -0.3 is 9.64 Å². The largest absolute Gasteiger partial charge is 0.466 e. The van der Waals surface area contributed by atoms with Crippen molar-refractivity contribution in [1.82, 2.24) is 9.47 Å². The summed E-state index contributed by atoms with van der Waals surface area (Å²) in [4.78, 5) is 42.7. The number of amides is 1. The van der Waals surface area contributed by atoms with Gasteiger partial charge in [0, 0.05) is 31.7 Å². The average Bonchev–Trinajstić information content (AvgIpc) is 3.10. The van der Waals surface area contributed by atoms with Gasteiger partial charge in [0.25, 0.3) is 11.5 Å². The molecule has 0 N–H and O–H groups in total. The van der Waals surface area contributed by atoms with Gasteiger partial charge in [-0.3, -0.25) is 23.9 Å². The number of thiocarbonyl (C=S) groups is 1. The van der Waals surface area contributed by atoms with E-state index in [1.54, 1.807) is 31.9 Å². The lowest BCUT2D eigenvalue weighted by Gasteiger charge is -2.35. The fourth-order valence-corrected chi connectivity index (χ4v) is 5.83. The first-order valence-corrected chi connectivity index (χ1v) is 12.7. The highest BCUT2D eigenvalue weighted by atomic mass is 32.2. The Labute approximate surface area is 209 Å². The number of nitrogens with zero attached hydrogens (tertiary/aromatic N) is 4. The van der Waals surface area contributed by atoms with Crippen molar-refractivity contribution < 1.29 is 14.3 Å². The van der Waals surface area contributed by atoms with Crippen LogP contribution >= 0.6 is 24.0 Å². The minimum absolute atomic E-state index is 0.0267. The van der Waals surface area contributed by atoms with Crippen molar-refractivity contribution in [2.45, 2.75) is 53.0 Å². The predicted octanol–water partition coefficient (Wildman–Crippen LogP) is 3.34. The van der Waals surface area contributed by atoms with Crippen LogP contribution in [-0.4, -0.2) is 51.4 Å². The average molecular weight is 503 g/mol. The topological polar surface area (TPSA) is 95.6 Å². The molecule has 2 saturated heterocycles. The summed E-state index contributed by atoms with van der Waals surface area (Å²) in [6.45, 7) is 8.80. The third kappa shape index (κ3) is 4.77. The van der Waals surface area contributed by atoms with Gasteiger partial charge in [0.15, 0.2) is 0 Å². The fraction of sp³-hybridized carbons (Fsp3) is 0.542. The Morgan fingerprint density at radius 2 is 2.09 bits per heavy atom. The smallest absolute Gasteiger partial charge is 0.310 e. The summed E-state index contributed by atoms with van der Waals surface area (Å²) in [7, 11) is 1.62. The Hall–Kier alpha value is -2.64. The fourth-order valence-electron chi connectivity index (χ4n) is 4.39. The number of pyridine rings is 1. The molecule has 34 heavy (non-hydrogen) atoms. The molecule has 0 bridgehead atoms. The number of nitriles is 1. The third-order valence-electron chi connectivity index (χ3n) is 6.44. The SMILES string of the molecule is CCOC(=O)C1CCCN(c2c(/C=C3\SC(=S)N(C(C)CC)C3=O)c(C)c(C#N)c(=O)n2C)C1. The monoisotopic (exact) mass is 502 g/mol. The summed E-state index contributed by atoms with van der Waals surface area (Å²) in [6.07, 6.45) is 3.97. The molecule has 2 atom stereocenters. The van der Waals surface area contributed by atoms with E-state index in [-0.39, 0.29) is 29.4 Å². The molecule has 182 valence electrons. The first-order chi connectivity index (χ1) is 16.2. The van der Waals surface area contributed by atoms with Crippen LogP contribution in [0.5, 0.6) is 0 Å². The number of thioether (sulfide) groups is 1. The molecule has 1 aromatic heterocycles. The first kappa shape index (κ1) is 26.0. The lowest BCUT2D eigenvalue weighted by Crippen LogP contribution is -2.42. The number of ether oxygens (including phenoxy) is 1. The van der Waals surface area contributed by atoms with Gasteiger partial charge in [-0.15, -0.1) is 0 Å². The Kier molecular flexibility index (Phi) is 8.21. The third-order valence-corrected chi connectivity index (χ3v) is 7.77. The molecule has 3 rings (SSSR count). The van der Waals surface area contributed by atoms with E-state index in [1.807, 2.05) is 24.8 Å². The van der Waals surface area contributed by atoms with Crippen molar-refractivity contribution in [3.63, 3.8) is 0 Å². The summed E-state index contributed by atoms with van der Waals surface area (Å²) < 4.78 is 7.17. The van der Waals surface area contributed by atoms with Gasteiger partial charge in [-0.25, -0.2) is 0 Å². The lowest BCUT2D eigenvalue weighted by molar-refractivity contribution is -0.148. The molecule has 8 nitrogen and oxygen atoms in total. The van der Waals surface area contributed by atoms with Crippen molar-refractivity contribution in [2.75, 3.05) is 24.6 Å². The lowest BCUT2D eigenvalue weighted by atomic mass is 9.96. The molecule has 2 aliphatic rings. The zero-order valence-electron chi connectivity index (χ0n) is 20.2. The summed E-state index contributed by atoms with van der Waals surface area (Å²) >= 11 is 6.69. The van der Waals surface area contributed by atoms with E-state index in [0.717, 1.165) is 12.8 Å². The molecule has 2 fully saturated rings. The zero-order chi connectivity index (χ0) is 25.2. The van der Waals surface area contributed by atoms with Gasteiger partial charge in [0.2, 0.25) is 0 Å². The van der Waals surface area contributed by atoms with Gasteiger partial charge >= 0.3 is 5.97 Å². The maximum absolute atomic E-state index is 13.2. The molecule has 1 amide bonds. The second-order valence-corrected chi connectivity index (χ2v) is 10.2. The summed E-state index contributed by atoms with van der Waals surface area (Å²) in [5, 5.41) is 9.66. The number of anilines is 1. The van der Waals surface area contributed by atoms with Crippen molar-refractivity contribution >= 4 is 52.1 Å². The van der Waals surface area contributed by atoms with Crippen LogP contribution in [0.4, 0.5) is 5.82 Å². The highest BCUT2D eigenvalue weighted by molar-refractivity contribution is 8.26. The van der Waals surface area contributed by atoms with Crippen molar-refractivity contribution in [3.8, 4) is 6.07 Å². The summed E-state index contributed by atoms with van der Waals surface area (Å²) in [6, 6.07) is 1.99. The molecule has 0 aromatic carbocycles. The number of carbonyl (C=O) groups excluding carboxylic acids is 2. The molecular weight excluding hydrogens is 472 g/mol. The first-order valence-electron chi connectivity index (χ1n) is 11.5. The molecule has 2 aliphatic heterocycles. The quantitative estimate of drug-likeness (QED) is 0.332. The van der Waals surface area contributed by atoms with E-state index in [1.165, 1.54) is 16.3 Å². The maximum Gasteiger partial charge on any atom is 0.310 e. The van der Waals surface area contributed by atoms with E-state index >= 15 is 0 Å². The molecule has 3 heterocycles. The molecule has 0 saturated carbocycles. The Bertz CT molecular complexity index is 1150. The number of carbonyl (C=O) groups is 2. The summed E-state index contributed by atoms with van der Waals surface area (Å²) in [5.41, 5.74) is 0.756. The molecule has 1 aromatic rings. The van der Waals surface area contributed by atoms with E-state index < -0.39 is 5.56 Å². The maximum atomic E-state index is 13.2. The van der Waals surface area contributed by atoms with Crippen LogP contribution in [0.2, 0.25) is 0 Å².